The first-order chi connectivity index (χ1) is 8.89. The largest absolute Gasteiger partial charge is 0.505 e. The van der Waals surface area contributed by atoms with Gasteiger partial charge in [-0.25, -0.2) is 4.39 Å². The minimum Gasteiger partial charge on any atom is -0.505 e. The van der Waals surface area contributed by atoms with E-state index in [0.717, 1.165) is 18.2 Å². The van der Waals surface area contributed by atoms with Crippen LogP contribution in [0.15, 0.2) is 18.2 Å². The molecule has 1 aromatic carbocycles. The third kappa shape index (κ3) is 3.74. The third-order valence-electron chi connectivity index (χ3n) is 3.11. The van der Waals surface area contributed by atoms with Crippen molar-refractivity contribution in [2.75, 3.05) is 26.2 Å². The fourth-order valence-corrected chi connectivity index (χ4v) is 2.24. The molecule has 0 aromatic heterocycles. The summed E-state index contributed by atoms with van der Waals surface area (Å²) in [6, 6.07) is 0.962. The van der Waals surface area contributed by atoms with E-state index in [1.807, 2.05) is 0 Å². The summed E-state index contributed by atoms with van der Waals surface area (Å²) in [5.74, 6) is -1.69. The van der Waals surface area contributed by atoms with Gasteiger partial charge >= 0.3 is 6.18 Å². The predicted molar refractivity (Wildman–Crippen MR) is 68.6 cm³/mol. The number of rotatable bonds is 2. The maximum atomic E-state index is 13.2. The number of phenols is 1. The molecule has 1 aromatic rings. The smallest absolute Gasteiger partial charge is 0.408 e. The highest BCUT2D eigenvalue weighted by atomic mass is 35.5. The third-order valence-corrected chi connectivity index (χ3v) is 3.11. The van der Waals surface area contributed by atoms with Crippen LogP contribution in [0.1, 0.15) is 11.6 Å². The second-order valence-corrected chi connectivity index (χ2v) is 4.44. The topological polar surface area (TPSA) is 35.5 Å². The fourth-order valence-electron chi connectivity index (χ4n) is 2.24. The molecule has 0 amide bonds. The van der Waals surface area contributed by atoms with Crippen molar-refractivity contribution in [2.45, 2.75) is 12.2 Å². The number of hydrogen-bond donors (Lipinski definition) is 2. The Hall–Kier alpha value is -1.05. The predicted octanol–water partition coefficient (Wildman–Crippen LogP) is 2.46. The summed E-state index contributed by atoms with van der Waals surface area (Å²) in [4.78, 5) is 1.27. The molecule has 0 saturated carbocycles. The summed E-state index contributed by atoms with van der Waals surface area (Å²) >= 11 is 0. The molecule has 3 nitrogen and oxygen atoms in total. The number of phenolic OH excluding ortho intramolecular Hbond substituents is 1. The minimum absolute atomic E-state index is 0. The molecule has 0 aliphatic carbocycles. The Balaban J connectivity index is 0.00000200. The Kier molecular flexibility index (Phi) is 5.61. The van der Waals surface area contributed by atoms with Crippen molar-refractivity contribution in [2.24, 2.45) is 0 Å². The quantitative estimate of drug-likeness (QED) is 0.823. The van der Waals surface area contributed by atoms with E-state index in [-0.39, 0.29) is 31.1 Å². The molecule has 8 heteroatoms. The number of halogens is 5. The lowest BCUT2D eigenvalue weighted by molar-refractivity contribution is -0.187. The van der Waals surface area contributed by atoms with Gasteiger partial charge in [0.1, 0.15) is 6.04 Å². The normalized spacial score (nSPS) is 18.4. The zero-order chi connectivity index (χ0) is 14.0. The van der Waals surface area contributed by atoms with Gasteiger partial charge < -0.3 is 10.4 Å². The lowest BCUT2D eigenvalue weighted by atomic mass is 10.0. The van der Waals surface area contributed by atoms with Crippen LogP contribution in [0.5, 0.6) is 5.75 Å². The van der Waals surface area contributed by atoms with Gasteiger partial charge in [0.2, 0.25) is 0 Å². The van der Waals surface area contributed by atoms with E-state index in [9.17, 15) is 17.6 Å². The molecule has 0 bridgehead atoms. The van der Waals surface area contributed by atoms with Crippen molar-refractivity contribution >= 4 is 12.4 Å². The zero-order valence-corrected chi connectivity index (χ0v) is 11.3. The number of nitrogens with one attached hydrogen (secondary N) is 1. The lowest BCUT2D eigenvalue weighted by Gasteiger charge is -2.36. The Bertz CT molecular complexity index is 450. The first-order valence-electron chi connectivity index (χ1n) is 5.89. The van der Waals surface area contributed by atoms with Gasteiger partial charge in [-0.05, 0) is 17.7 Å². The number of alkyl halides is 3. The Labute approximate surface area is 120 Å². The summed E-state index contributed by atoms with van der Waals surface area (Å²) in [5.41, 5.74) is -0.190. The SMILES string of the molecule is Cl.Oc1ccc([C@H](N2CCNCC2)C(F)(F)F)cc1F. The van der Waals surface area contributed by atoms with E-state index in [2.05, 4.69) is 5.32 Å². The van der Waals surface area contributed by atoms with Crippen molar-refractivity contribution in [3.05, 3.63) is 29.6 Å². The fraction of sp³-hybridized carbons (Fsp3) is 0.500. The van der Waals surface area contributed by atoms with Gasteiger partial charge in [0.05, 0.1) is 0 Å². The van der Waals surface area contributed by atoms with E-state index < -0.39 is 23.8 Å². The second-order valence-electron chi connectivity index (χ2n) is 4.44. The highest BCUT2D eigenvalue weighted by molar-refractivity contribution is 5.85. The summed E-state index contributed by atoms with van der Waals surface area (Å²) in [6.07, 6.45) is -4.49. The molecule has 1 fully saturated rings. The molecule has 2 rings (SSSR count). The minimum atomic E-state index is -4.49. The molecule has 1 atom stereocenters. The van der Waals surface area contributed by atoms with E-state index in [1.54, 1.807) is 0 Å². The Morgan fingerprint density at radius 3 is 2.30 bits per heavy atom. The average Bonchev–Trinajstić information content (AvgIpc) is 2.34. The number of aromatic hydroxyl groups is 1. The molecule has 1 aliphatic heterocycles. The Morgan fingerprint density at radius 2 is 1.80 bits per heavy atom. The van der Waals surface area contributed by atoms with Crippen molar-refractivity contribution in [3.63, 3.8) is 0 Å². The van der Waals surface area contributed by atoms with Crippen molar-refractivity contribution < 1.29 is 22.7 Å². The summed E-state index contributed by atoms with van der Waals surface area (Å²) in [5, 5.41) is 12.0. The van der Waals surface area contributed by atoms with E-state index in [0.29, 0.717) is 13.1 Å². The van der Waals surface area contributed by atoms with Crippen LogP contribution >= 0.6 is 12.4 Å². The van der Waals surface area contributed by atoms with Crippen molar-refractivity contribution in [3.8, 4) is 5.75 Å². The first kappa shape index (κ1) is 17.0. The number of piperazine rings is 1. The second kappa shape index (κ2) is 6.60. The lowest BCUT2D eigenvalue weighted by Crippen LogP contribution is -2.49. The van der Waals surface area contributed by atoms with Crippen LogP contribution in [-0.2, 0) is 0 Å². The zero-order valence-electron chi connectivity index (χ0n) is 10.5. The van der Waals surface area contributed by atoms with Crippen LogP contribution in [0.2, 0.25) is 0 Å². The molecule has 0 radical (unpaired) electrons. The molecular weight excluding hydrogens is 300 g/mol. The molecule has 2 N–H and O–H groups in total. The van der Waals surface area contributed by atoms with Gasteiger partial charge in [-0.2, -0.15) is 13.2 Å². The van der Waals surface area contributed by atoms with E-state index in [1.165, 1.54) is 4.90 Å². The van der Waals surface area contributed by atoms with Gasteiger partial charge in [-0.3, -0.25) is 4.90 Å². The Morgan fingerprint density at radius 1 is 1.20 bits per heavy atom. The molecule has 1 saturated heterocycles. The van der Waals surface area contributed by atoms with E-state index in [4.69, 9.17) is 5.11 Å². The summed E-state index contributed by atoms with van der Waals surface area (Å²) in [6.45, 7) is 1.42. The maximum absolute atomic E-state index is 13.2. The monoisotopic (exact) mass is 314 g/mol. The first-order valence-corrected chi connectivity index (χ1v) is 5.89. The standard InChI is InChI=1S/C12H14F4N2O.ClH/c13-9-7-8(1-2-10(9)19)11(12(14,15)16)18-5-3-17-4-6-18;/h1-2,7,11,17,19H,3-6H2;1H/t11-;/m0./s1. The number of benzene rings is 1. The van der Waals surface area contributed by atoms with E-state index >= 15 is 0 Å². The molecule has 0 unspecified atom stereocenters. The van der Waals surface area contributed by atoms with Crippen LogP contribution in [0.4, 0.5) is 17.6 Å². The van der Waals surface area contributed by atoms with Crippen LogP contribution < -0.4 is 5.32 Å². The van der Waals surface area contributed by atoms with Crippen LogP contribution in [-0.4, -0.2) is 42.4 Å². The highest BCUT2D eigenvalue weighted by Crippen LogP contribution is 2.38. The molecule has 20 heavy (non-hydrogen) atoms. The van der Waals surface area contributed by atoms with Gasteiger partial charge in [0.25, 0.3) is 0 Å². The highest BCUT2D eigenvalue weighted by Gasteiger charge is 2.45. The summed E-state index contributed by atoms with van der Waals surface area (Å²) < 4.78 is 52.8. The molecule has 114 valence electrons. The van der Waals surface area contributed by atoms with Crippen LogP contribution in [0.25, 0.3) is 0 Å². The summed E-state index contributed by atoms with van der Waals surface area (Å²) in [7, 11) is 0. The number of nitrogens with zero attached hydrogens (tertiary/aromatic N) is 1. The maximum Gasteiger partial charge on any atom is 0.408 e. The molecule has 0 spiro atoms. The van der Waals surface area contributed by atoms with Crippen molar-refractivity contribution in [1.29, 1.82) is 0 Å². The van der Waals surface area contributed by atoms with Gasteiger partial charge in [-0.15, -0.1) is 12.4 Å². The molecular formula is C12H15ClF4N2O. The van der Waals surface area contributed by atoms with Crippen LogP contribution in [0.3, 0.4) is 0 Å². The van der Waals surface area contributed by atoms with Crippen LogP contribution in [0, 0.1) is 5.82 Å². The molecule has 1 heterocycles. The molecule has 1 aliphatic rings. The van der Waals surface area contributed by atoms with Gasteiger partial charge in [-0.1, -0.05) is 6.07 Å². The average molecular weight is 315 g/mol. The van der Waals surface area contributed by atoms with Gasteiger partial charge in [0, 0.05) is 26.2 Å². The van der Waals surface area contributed by atoms with Crippen molar-refractivity contribution in [1.82, 2.24) is 10.2 Å². The van der Waals surface area contributed by atoms with Gasteiger partial charge in [0.15, 0.2) is 11.6 Å². The number of hydrogen-bond acceptors (Lipinski definition) is 3.